The zero-order valence-electron chi connectivity index (χ0n) is 10.2. The summed E-state index contributed by atoms with van der Waals surface area (Å²) in [5.74, 6) is -1.10. The molecule has 1 N–H and O–H groups in total. The maximum atomic E-state index is 11.6. The number of rotatable bonds is 4. The number of ether oxygens (including phenoxy) is 1. The first-order chi connectivity index (χ1) is 7.90. The Morgan fingerprint density at radius 1 is 1.29 bits per heavy atom. The van der Waals surface area contributed by atoms with Crippen LogP contribution in [0.15, 0.2) is 24.3 Å². The molecule has 1 atom stereocenters. The summed E-state index contributed by atoms with van der Waals surface area (Å²) in [6.07, 6.45) is -0.289. The lowest BCUT2D eigenvalue weighted by atomic mass is 9.88. The molecule has 0 spiro atoms. The van der Waals surface area contributed by atoms with Gasteiger partial charge >= 0.3 is 5.97 Å². The molecule has 0 aliphatic heterocycles. The summed E-state index contributed by atoms with van der Waals surface area (Å²) in [5, 5.41) is 10.3. The monoisotopic (exact) mass is 236 g/mol. The highest BCUT2D eigenvalue weighted by Gasteiger charge is 2.40. The van der Waals surface area contributed by atoms with Crippen LogP contribution < -0.4 is 0 Å². The van der Waals surface area contributed by atoms with Gasteiger partial charge in [-0.2, -0.15) is 0 Å². The molecule has 4 nitrogen and oxygen atoms in total. The SMILES string of the molecule is COC(=O)C(O)(CC(C)=O)c1ccc(C)cc1. The highest BCUT2D eigenvalue weighted by molar-refractivity contribution is 5.88. The van der Waals surface area contributed by atoms with Gasteiger partial charge in [0.15, 0.2) is 5.60 Å². The van der Waals surface area contributed by atoms with E-state index in [1.54, 1.807) is 24.3 Å². The largest absolute Gasteiger partial charge is 0.467 e. The van der Waals surface area contributed by atoms with Crippen molar-refractivity contribution in [1.82, 2.24) is 0 Å². The Bertz CT molecular complexity index is 422. The van der Waals surface area contributed by atoms with Crippen LogP contribution in [0.4, 0.5) is 0 Å². The van der Waals surface area contributed by atoms with Crippen molar-refractivity contribution in [3.05, 3.63) is 35.4 Å². The molecule has 0 bridgehead atoms. The van der Waals surface area contributed by atoms with Gasteiger partial charge in [-0.1, -0.05) is 29.8 Å². The minimum atomic E-state index is -1.89. The van der Waals surface area contributed by atoms with Crippen molar-refractivity contribution >= 4 is 11.8 Å². The summed E-state index contributed by atoms with van der Waals surface area (Å²) in [5.41, 5.74) is -0.525. The summed E-state index contributed by atoms with van der Waals surface area (Å²) in [4.78, 5) is 22.8. The first-order valence-electron chi connectivity index (χ1n) is 5.27. The molecule has 1 aromatic rings. The van der Waals surface area contributed by atoms with E-state index >= 15 is 0 Å². The Morgan fingerprint density at radius 3 is 2.24 bits per heavy atom. The number of carbonyl (C=O) groups is 2. The Balaban J connectivity index is 3.18. The van der Waals surface area contributed by atoms with Crippen LogP contribution in [0.2, 0.25) is 0 Å². The van der Waals surface area contributed by atoms with Gasteiger partial charge in [0.05, 0.1) is 7.11 Å². The third kappa shape index (κ3) is 2.91. The fourth-order valence-electron chi connectivity index (χ4n) is 1.65. The van der Waals surface area contributed by atoms with E-state index in [0.717, 1.165) is 5.56 Å². The van der Waals surface area contributed by atoms with E-state index < -0.39 is 11.6 Å². The summed E-state index contributed by atoms with van der Waals surface area (Å²) >= 11 is 0. The van der Waals surface area contributed by atoms with Crippen LogP contribution >= 0.6 is 0 Å². The van der Waals surface area contributed by atoms with Gasteiger partial charge in [0.2, 0.25) is 0 Å². The predicted molar refractivity (Wildman–Crippen MR) is 62.4 cm³/mol. The highest BCUT2D eigenvalue weighted by atomic mass is 16.5. The molecule has 0 amide bonds. The predicted octanol–water partition coefficient (Wildman–Crippen LogP) is 1.33. The molecule has 0 saturated heterocycles. The number of benzene rings is 1. The lowest BCUT2D eigenvalue weighted by Crippen LogP contribution is -2.38. The molecule has 92 valence electrons. The average molecular weight is 236 g/mol. The number of hydrogen-bond donors (Lipinski definition) is 1. The van der Waals surface area contributed by atoms with Gasteiger partial charge < -0.3 is 9.84 Å². The number of aliphatic hydroxyl groups is 1. The number of carbonyl (C=O) groups excluding carboxylic acids is 2. The van der Waals surface area contributed by atoms with E-state index in [-0.39, 0.29) is 12.2 Å². The average Bonchev–Trinajstić information content (AvgIpc) is 2.27. The van der Waals surface area contributed by atoms with E-state index in [0.29, 0.717) is 5.56 Å². The van der Waals surface area contributed by atoms with Crippen LogP contribution in [0.5, 0.6) is 0 Å². The molecule has 0 aliphatic rings. The summed E-state index contributed by atoms with van der Waals surface area (Å²) in [6, 6.07) is 6.77. The van der Waals surface area contributed by atoms with Crippen molar-refractivity contribution < 1.29 is 19.4 Å². The number of esters is 1. The maximum absolute atomic E-state index is 11.6. The smallest absolute Gasteiger partial charge is 0.343 e. The second-order valence-electron chi connectivity index (χ2n) is 4.10. The molecule has 1 rings (SSSR count). The summed E-state index contributed by atoms with van der Waals surface area (Å²) < 4.78 is 4.56. The van der Waals surface area contributed by atoms with E-state index in [2.05, 4.69) is 4.74 Å². The topological polar surface area (TPSA) is 63.6 Å². The molecule has 0 aliphatic carbocycles. The molecule has 0 radical (unpaired) electrons. The Labute approximate surface area is 100 Å². The summed E-state index contributed by atoms with van der Waals surface area (Å²) in [6.45, 7) is 3.22. The van der Waals surface area contributed by atoms with E-state index in [9.17, 15) is 14.7 Å². The number of methoxy groups -OCH3 is 1. The lowest BCUT2D eigenvalue weighted by Gasteiger charge is -2.24. The van der Waals surface area contributed by atoms with Crippen LogP contribution in [-0.2, 0) is 19.9 Å². The van der Waals surface area contributed by atoms with E-state index in [1.807, 2.05) is 6.92 Å². The minimum Gasteiger partial charge on any atom is -0.467 e. The second-order valence-corrected chi connectivity index (χ2v) is 4.10. The molecule has 0 saturated carbocycles. The minimum absolute atomic E-state index is 0.279. The molecule has 17 heavy (non-hydrogen) atoms. The zero-order chi connectivity index (χ0) is 13.1. The molecular formula is C13H16O4. The van der Waals surface area contributed by atoms with Crippen molar-refractivity contribution in [3.63, 3.8) is 0 Å². The van der Waals surface area contributed by atoms with Gasteiger partial charge in [-0.3, -0.25) is 4.79 Å². The third-order valence-corrected chi connectivity index (χ3v) is 2.56. The number of Topliss-reactive ketones (excluding diaryl/α,β-unsaturated/α-hetero) is 1. The van der Waals surface area contributed by atoms with Crippen molar-refractivity contribution in [2.45, 2.75) is 25.9 Å². The molecule has 4 heteroatoms. The molecule has 1 aromatic carbocycles. The van der Waals surface area contributed by atoms with Crippen LogP contribution in [0, 0.1) is 6.92 Å². The summed E-state index contributed by atoms with van der Waals surface area (Å²) in [7, 11) is 1.18. The second kappa shape index (κ2) is 5.10. The van der Waals surface area contributed by atoms with Crippen LogP contribution in [0.1, 0.15) is 24.5 Å². The molecule has 1 unspecified atom stereocenters. The standard InChI is InChI=1S/C13H16O4/c1-9-4-6-11(7-5-9)13(16,8-10(2)14)12(15)17-3/h4-7,16H,8H2,1-3H3. The van der Waals surface area contributed by atoms with Gasteiger partial charge in [-0.25, -0.2) is 4.79 Å². The van der Waals surface area contributed by atoms with Gasteiger partial charge in [0, 0.05) is 6.42 Å². The molecule has 0 heterocycles. The van der Waals surface area contributed by atoms with Crippen LogP contribution in [-0.4, -0.2) is 24.0 Å². The number of aryl methyl sites for hydroxylation is 1. The van der Waals surface area contributed by atoms with Gasteiger partial charge in [-0.05, 0) is 19.4 Å². The highest BCUT2D eigenvalue weighted by Crippen LogP contribution is 2.27. The van der Waals surface area contributed by atoms with Crippen molar-refractivity contribution in [1.29, 1.82) is 0 Å². The van der Waals surface area contributed by atoms with Crippen LogP contribution in [0.25, 0.3) is 0 Å². The van der Waals surface area contributed by atoms with Gasteiger partial charge in [-0.15, -0.1) is 0 Å². The van der Waals surface area contributed by atoms with Gasteiger partial charge in [0.25, 0.3) is 0 Å². The molecular weight excluding hydrogens is 220 g/mol. The van der Waals surface area contributed by atoms with E-state index in [1.165, 1.54) is 14.0 Å². The fourth-order valence-corrected chi connectivity index (χ4v) is 1.65. The first kappa shape index (κ1) is 13.4. The number of hydrogen-bond acceptors (Lipinski definition) is 4. The molecule has 0 fully saturated rings. The van der Waals surface area contributed by atoms with Crippen molar-refractivity contribution in [2.75, 3.05) is 7.11 Å². The Hall–Kier alpha value is -1.68. The Kier molecular flexibility index (Phi) is 4.02. The normalized spacial score (nSPS) is 13.9. The quantitative estimate of drug-likeness (QED) is 0.801. The van der Waals surface area contributed by atoms with Gasteiger partial charge in [0.1, 0.15) is 5.78 Å². The Morgan fingerprint density at radius 2 is 1.82 bits per heavy atom. The molecule has 0 aromatic heterocycles. The fraction of sp³-hybridized carbons (Fsp3) is 0.385. The van der Waals surface area contributed by atoms with Crippen molar-refractivity contribution in [3.8, 4) is 0 Å². The van der Waals surface area contributed by atoms with Crippen molar-refractivity contribution in [2.24, 2.45) is 0 Å². The van der Waals surface area contributed by atoms with Crippen LogP contribution in [0.3, 0.4) is 0 Å². The number of ketones is 1. The maximum Gasteiger partial charge on any atom is 0.343 e. The first-order valence-corrected chi connectivity index (χ1v) is 5.27. The third-order valence-electron chi connectivity index (χ3n) is 2.56. The van der Waals surface area contributed by atoms with E-state index in [4.69, 9.17) is 0 Å². The lowest BCUT2D eigenvalue weighted by molar-refractivity contribution is -0.166. The zero-order valence-corrected chi connectivity index (χ0v) is 10.2.